The Balaban J connectivity index is 2.22. The number of methoxy groups -OCH3 is 1. The molecule has 28 heavy (non-hydrogen) atoms. The number of hydrogen-bond donors (Lipinski definition) is 1. The lowest BCUT2D eigenvalue weighted by Crippen LogP contribution is -2.49. The first-order valence-corrected chi connectivity index (χ1v) is 9.39. The lowest BCUT2D eigenvalue weighted by atomic mass is 10.1. The molecule has 1 atom stereocenters. The number of carbonyl (C=O) groups excluding carboxylic acids is 2. The molecule has 6 nitrogen and oxygen atoms in total. The molecule has 0 radical (unpaired) electrons. The number of rotatable bonds is 9. The van der Waals surface area contributed by atoms with E-state index in [0.29, 0.717) is 22.9 Å². The zero-order valence-corrected chi connectivity index (χ0v) is 17.0. The Morgan fingerprint density at radius 1 is 1.18 bits per heavy atom. The van der Waals surface area contributed by atoms with Crippen LogP contribution < -0.4 is 14.8 Å². The van der Waals surface area contributed by atoms with Crippen molar-refractivity contribution in [3.05, 3.63) is 59.1 Å². The quantitative estimate of drug-likeness (QED) is 0.696. The van der Waals surface area contributed by atoms with E-state index in [1.165, 1.54) is 4.90 Å². The van der Waals surface area contributed by atoms with Crippen molar-refractivity contribution in [2.24, 2.45) is 0 Å². The molecule has 150 valence electrons. The maximum Gasteiger partial charge on any atom is 0.261 e. The predicted molar refractivity (Wildman–Crippen MR) is 109 cm³/mol. The molecular weight excluding hydrogens is 380 g/mol. The highest BCUT2D eigenvalue weighted by Crippen LogP contribution is 2.23. The number of nitrogens with one attached hydrogen (secondary N) is 1. The van der Waals surface area contributed by atoms with Crippen LogP contribution in [0.15, 0.2) is 48.5 Å². The molecule has 0 aliphatic rings. The lowest BCUT2D eigenvalue weighted by molar-refractivity contribution is -0.142. The van der Waals surface area contributed by atoms with Crippen molar-refractivity contribution < 1.29 is 19.1 Å². The minimum atomic E-state index is -0.612. The summed E-state index contributed by atoms with van der Waals surface area (Å²) in [6, 6.07) is 13.7. The molecule has 0 fully saturated rings. The third kappa shape index (κ3) is 5.63. The fraction of sp³-hybridized carbons (Fsp3) is 0.333. The van der Waals surface area contributed by atoms with Gasteiger partial charge in [0.25, 0.3) is 5.91 Å². The summed E-state index contributed by atoms with van der Waals surface area (Å²) in [5, 5.41) is 3.05. The molecule has 0 saturated heterocycles. The molecule has 7 heteroatoms. The van der Waals surface area contributed by atoms with E-state index in [-0.39, 0.29) is 25.0 Å². The predicted octanol–water partition coefficient (Wildman–Crippen LogP) is 3.28. The average molecular weight is 405 g/mol. The normalized spacial score (nSPS) is 11.4. The van der Waals surface area contributed by atoms with Gasteiger partial charge in [-0.3, -0.25) is 9.59 Å². The van der Waals surface area contributed by atoms with Gasteiger partial charge in [0.15, 0.2) is 6.61 Å². The van der Waals surface area contributed by atoms with Crippen molar-refractivity contribution in [2.45, 2.75) is 25.9 Å². The summed E-state index contributed by atoms with van der Waals surface area (Å²) in [6.45, 7) is 1.90. The van der Waals surface area contributed by atoms with Gasteiger partial charge < -0.3 is 19.7 Å². The minimum absolute atomic E-state index is 0.221. The van der Waals surface area contributed by atoms with Gasteiger partial charge in [-0.25, -0.2) is 0 Å². The molecule has 0 aromatic heterocycles. The Hall–Kier alpha value is -2.73. The first-order chi connectivity index (χ1) is 13.5. The highest BCUT2D eigenvalue weighted by Gasteiger charge is 2.28. The molecule has 0 aliphatic heterocycles. The van der Waals surface area contributed by atoms with Crippen LogP contribution in [0.5, 0.6) is 11.5 Å². The molecule has 0 aliphatic carbocycles. The SMILES string of the molecule is CCC(C(=O)NC)N(Cc1cccc(OC)c1)C(=O)COc1ccccc1Cl. The van der Waals surface area contributed by atoms with Crippen molar-refractivity contribution in [1.82, 2.24) is 10.2 Å². The van der Waals surface area contributed by atoms with Crippen molar-refractivity contribution in [1.29, 1.82) is 0 Å². The summed E-state index contributed by atoms with van der Waals surface area (Å²) in [4.78, 5) is 26.8. The van der Waals surface area contributed by atoms with Gasteiger partial charge in [-0.1, -0.05) is 42.8 Å². The first-order valence-electron chi connectivity index (χ1n) is 9.01. The third-order valence-electron chi connectivity index (χ3n) is 4.31. The zero-order valence-electron chi connectivity index (χ0n) is 16.3. The van der Waals surface area contributed by atoms with E-state index in [0.717, 1.165) is 5.56 Å². The summed E-state index contributed by atoms with van der Waals surface area (Å²) < 4.78 is 10.8. The van der Waals surface area contributed by atoms with E-state index in [9.17, 15) is 9.59 Å². The van der Waals surface area contributed by atoms with E-state index >= 15 is 0 Å². The molecule has 0 bridgehead atoms. The van der Waals surface area contributed by atoms with Crippen LogP contribution in [0.3, 0.4) is 0 Å². The summed E-state index contributed by atoms with van der Waals surface area (Å²) in [6.07, 6.45) is 0.474. The van der Waals surface area contributed by atoms with E-state index < -0.39 is 6.04 Å². The number of nitrogens with zero attached hydrogens (tertiary/aromatic N) is 1. The molecule has 2 aromatic rings. The maximum absolute atomic E-state index is 13.0. The lowest BCUT2D eigenvalue weighted by Gasteiger charge is -2.30. The summed E-state index contributed by atoms with van der Waals surface area (Å²) in [7, 11) is 3.14. The topological polar surface area (TPSA) is 67.9 Å². The molecule has 1 N–H and O–H groups in total. The Labute approximate surface area is 170 Å². The van der Waals surface area contributed by atoms with Crippen LogP contribution >= 0.6 is 11.6 Å². The number of hydrogen-bond acceptors (Lipinski definition) is 4. The number of benzene rings is 2. The summed E-state index contributed by atoms with van der Waals surface area (Å²) >= 11 is 6.09. The van der Waals surface area contributed by atoms with Crippen LogP contribution in [-0.2, 0) is 16.1 Å². The van der Waals surface area contributed by atoms with Gasteiger partial charge in [0, 0.05) is 13.6 Å². The summed E-state index contributed by atoms with van der Waals surface area (Å²) in [5.41, 5.74) is 0.854. The fourth-order valence-electron chi connectivity index (χ4n) is 2.84. The molecule has 2 amide bonds. The van der Waals surface area contributed by atoms with E-state index in [1.807, 2.05) is 31.2 Å². The largest absolute Gasteiger partial charge is 0.497 e. The van der Waals surface area contributed by atoms with Crippen LogP contribution in [0.2, 0.25) is 5.02 Å². The molecule has 0 heterocycles. The molecule has 1 unspecified atom stereocenters. The Kier molecular flexibility index (Phi) is 8.14. The van der Waals surface area contributed by atoms with Gasteiger partial charge in [-0.2, -0.15) is 0 Å². The molecule has 0 saturated carbocycles. The number of ether oxygens (including phenoxy) is 2. The maximum atomic E-state index is 13.0. The van der Waals surface area contributed by atoms with Crippen LogP contribution in [0.25, 0.3) is 0 Å². The van der Waals surface area contributed by atoms with Crippen LogP contribution in [0.4, 0.5) is 0 Å². The molecular formula is C21H25ClN2O4. The standard InChI is InChI=1S/C21H25ClN2O4/c1-4-18(21(26)23-2)24(13-15-8-7-9-16(12-15)27-3)20(25)14-28-19-11-6-5-10-17(19)22/h5-12,18H,4,13-14H2,1-3H3,(H,23,26). The van der Waals surface area contributed by atoms with Crippen molar-refractivity contribution in [3.8, 4) is 11.5 Å². The van der Waals surface area contributed by atoms with Gasteiger partial charge >= 0.3 is 0 Å². The molecule has 2 aromatic carbocycles. The van der Waals surface area contributed by atoms with E-state index in [1.54, 1.807) is 38.4 Å². The van der Waals surface area contributed by atoms with Crippen LogP contribution in [0, 0.1) is 0 Å². The smallest absolute Gasteiger partial charge is 0.261 e. The second kappa shape index (κ2) is 10.6. The Morgan fingerprint density at radius 2 is 1.93 bits per heavy atom. The minimum Gasteiger partial charge on any atom is -0.497 e. The van der Waals surface area contributed by atoms with Crippen molar-refractivity contribution >= 4 is 23.4 Å². The number of halogens is 1. The van der Waals surface area contributed by atoms with E-state index in [2.05, 4.69) is 5.32 Å². The Morgan fingerprint density at radius 3 is 2.57 bits per heavy atom. The second-order valence-electron chi connectivity index (χ2n) is 6.13. The molecule has 2 rings (SSSR count). The molecule has 0 spiro atoms. The van der Waals surface area contributed by atoms with Crippen molar-refractivity contribution in [2.75, 3.05) is 20.8 Å². The van der Waals surface area contributed by atoms with Gasteiger partial charge in [-0.05, 0) is 36.2 Å². The van der Waals surface area contributed by atoms with Crippen LogP contribution in [-0.4, -0.2) is 43.5 Å². The number of carbonyl (C=O) groups is 2. The highest BCUT2D eigenvalue weighted by atomic mass is 35.5. The average Bonchev–Trinajstić information content (AvgIpc) is 2.72. The monoisotopic (exact) mass is 404 g/mol. The first kappa shape index (κ1) is 21.6. The highest BCUT2D eigenvalue weighted by molar-refractivity contribution is 6.32. The Bertz CT molecular complexity index is 812. The van der Waals surface area contributed by atoms with Crippen molar-refractivity contribution in [3.63, 3.8) is 0 Å². The summed E-state index contributed by atoms with van der Waals surface area (Å²) in [5.74, 6) is 0.576. The number of para-hydroxylation sites is 1. The van der Waals surface area contributed by atoms with Gasteiger partial charge in [0.05, 0.1) is 12.1 Å². The zero-order chi connectivity index (χ0) is 20.5. The van der Waals surface area contributed by atoms with Gasteiger partial charge in [0.1, 0.15) is 17.5 Å². The van der Waals surface area contributed by atoms with E-state index in [4.69, 9.17) is 21.1 Å². The van der Waals surface area contributed by atoms with Gasteiger partial charge in [-0.15, -0.1) is 0 Å². The fourth-order valence-corrected chi connectivity index (χ4v) is 3.03. The number of likely N-dealkylation sites (N-methyl/N-ethyl adjacent to an activating group) is 1. The van der Waals surface area contributed by atoms with Gasteiger partial charge in [0.2, 0.25) is 5.91 Å². The van der Waals surface area contributed by atoms with Crippen LogP contribution in [0.1, 0.15) is 18.9 Å². The third-order valence-corrected chi connectivity index (χ3v) is 4.62. The number of amides is 2. The second-order valence-corrected chi connectivity index (χ2v) is 6.54.